The van der Waals surface area contributed by atoms with E-state index < -0.39 is 0 Å². The minimum absolute atomic E-state index is 0.126. The maximum atomic E-state index is 12.5. The van der Waals surface area contributed by atoms with E-state index in [0.29, 0.717) is 11.7 Å². The summed E-state index contributed by atoms with van der Waals surface area (Å²) in [5.74, 6) is 3.34. The van der Waals surface area contributed by atoms with Gasteiger partial charge in [0.05, 0.1) is 0 Å². The molecule has 0 saturated carbocycles. The number of carbonyl (C=O) groups is 1. The number of thioether (sulfide) groups is 1. The lowest BCUT2D eigenvalue weighted by atomic mass is 10.1. The highest BCUT2D eigenvalue weighted by Crippen LogP contribution is 2.22. The fourth-order valence-electron chi connectivity index (χ4n) is 2.81. The van der Waals surface area contributed by atoms with Crippen LogP contribution in [0.5, 0.6) is 0 Å². The van der Waals surface area contributed by atoms with Crippen molar-refractivity contribution in [2.24, 2.45) is 5.92 Å². The second kappa shape index (κ2) is 6.52. The number of H-pyrrole nitrogens is 1. The van der Waals surface area contributed by atoms with Gasteiger partial charge in [-0.3, -0.25) is 9.89 Å². The number of hydrogen-bond donors (Lipinski definition) is 1. The zero-order valence-corrected chi connectivity index (χ0v) is 13.7. The summed E-state index contributed by atoms with van der Waals surface area (Å²) in [6, 6.07) is 7.55. The predicted octanol–water partition coefficient (Wildman–Crippen LogP) is 2.61. The van der Waals surface area contributed by atoms with Gasteiger partial charge < -0.3 is 4.90 Å². The fourth-order valence-corrected chi connectivity index (χ4v) is 3.55. The first-order valence-electron chi connectivity index (χ1n) is 7.45. The quantitative estimate of drug-likeness (QED) is 0.942. The average molecular weight is 316 g/mol. The number of rotatable bonds is 4. The van der Waals surface area contributed by atoms with Gasteiger partial charge in [0, 0.05) is 24.2 Å². The summed E-state index contributed by atoms with van der Waals surface area (Å²) < 4.78 is 0. The van der Waals surface area contributed by atoms with Gasteiger partial charge in [0.15, 0.2) is 5.82 Å². The number of benzene rings is 1. The molecule has 1 aliphatic rings. The van der Waals surface area contributed by atoms with Crippen LogP contribution in [0.4, 0.5) is 0 Å². The SMILES string of the molecule is CSCC1CCN(C(=O)c2ccc(-c3n[nH]c(C)n3)cc2)C1. The standard InChI is InChI=1S/C16H20N4OS/c1-11-17-15(19-18-11)13-3-5-14(6-4-13)16(21)20-8-7-12(9-20)10-22-2/h3-6,12H,7-10H2,1-2H3,(H,17,18,19). The average Bonchev–Trinajstić information content (AvgIpc) is 3.16. The van der Waals surface area contributed by atoms with Gasteiger partial charge in [0.2, 0.25) is 0 Å². The molecule has 116 valence electrons. The molecule has 0 spiro atoms. The lowest BCUT2D eigenvalue weighted by Crippen LogP contribution is -2.28. The molecule has 22 heavy (non-hydrogen) atoms. The van der Waals surface area contributed by atoms with E-state index in [2.05, 4.69) is 21.4 Å². The summed E-state index contributed by atoms with van der Waals surface area (Å²) >= 11 is 1.86. The molecule has 6 heteroatoms. The molecular weight excluding hydrogens is 296 g/mol. The third-order valence-electron chi connectivity index (χ3n) is 3.96. The molecule has 1 atom stereocenters. The van der Waals surface area contributed by atoms with Gasteiger partial charge in [-0.15, -0.1) is 0 Å². The summed E-state index contributed by atoms with van der Waals surface area (Å²) in [7, 11) is 0. The number of aryl methyl sites for hydroxylation is 1. The van der Waals surface area contributed by atoms with Crippen LogP contribution in [0, 0.1) is 12.8 Å². The minimum Gasteiger partial charge on any atom is -0.338 e. The van der Waals surface area contributed by atoms with Crippen LogP contribution in [-0.2, 0) is 0 Å². The maximum absolute atomic E-state index is 12.5. The van der Waals surface area contributed by atoms with Gasteiger partial charge in [-0.05, 0) is 43.4 Å². The van der Waals surface area contributed by atoms with Crippen molar-refractivity contribution in [3.63, 3.8) is 0 Å². The number of nitrogens with zero attached hydrogens (tertiary/aromatic N) is 3. The van der Waals surface area contributed by atoms with Gasteiger partial charge in [-0.2, -0.15) is 16.9 Å². The van der Waals surface area contributed by atoms with E-state index in [9.17, 15) is 4.79 Å². The first kappa shape index (κ1) is 15.1. The van der Waals surface area contributed by atoms with Crippen LogP contribution in [0.2, 0.25) is 0 Å². The van der Waals surface area contributed by atoms with E-state index in [1.807, 2.05) is 47.9 Å². The van der Waals surface area contributed by atoms with E-state index in [-0.39, 0.29) is 5.91 Å². The van der Waals surface area contributed by atoms with Crippen molar-refractivity contribution in [1.82, 2.24) is 20.1 Å². The van der Waals surface area contributed by atoms with E-state index >= 15 is 0 Å². The second-order valence-corrected chi connectivity index (χ2v) is 6.59. The Kier molecular flexibility index (Phi) is 4.47. The number of likely N-dealkylation sites (tertiary alicyclic amines) is 1. The van der Waals surface area contributed by atoms with Crippen molar-refractivity contribution in [1.29, 1.82) is 0 Å². The fraction of sp³-hybridized carbons (Fsp3) is 0.438. The number of aromatic nitrogens is 3. The summed E-state index contributed by atoms with van der Waals surface area (Å²) in [6.07, 6.45) is 3.23. The van der Waals surface area contributed by atoms with Crippen molar-refractivity contribution in [2.45, 2.75) is 13.3 Å². The third kappa shape index (κ3) is 3.16. The van der Waals surface area contributed by atoms with Crippen molar-refractivity contribution in [3.8, 4) is 11.4 Å². The van der Waals surface area contributed by atoms with Crippen molar-refractivity contribution in [2.75, 3.05) is 25.1 Å². The molecule has 1 aromatic heterocycles. The molecule has 1 unspecified atom stereocenters. The molecule has 0 bridgehead atoms. The second-order valence-electron chi connectivity index (χ2n) is 5.68. The zero-order chi connectivity index (χ0) is 15.5. The number of aromatic amines is 1. The van der Waals surface area contributed by atoms with Gasteiger partial charge in [0.1, 0.15) is 5.82 Å². The Bertz CT molecular complexity index is 652. The van der Waals surface area contributed by atoms with Gasteiger partial charge in [-0.1, -0.05) is 12.1 Å². The van der Waals surface area contributed by atoms with Gasteiger partial charge in [0.25, 0.3) is 5.91 Å². The number of carbonyl (C=O) groups excluding carboxylic acids is 1. The molecule has 2 aromatic rings. The summed E-state index contributed by atoms with van der Waals surface area (Å²) in [4.78, 5) is 18.8. The molecule has 0 radical (unpaired) electrons. The van der Waals surface area contributed by atoms with Crippen LogP contribution in [0.1, 0.15) is 22.6 Å². The van der Waals surface area contributed by atoms with E-state index in [0.717, 1.165) is 42.2 Å². The van der Waals surface area contributed by atoms with Crippen LogP contribution < -0.4 is 0 Å². The van der Waals surface area contributed by atoms with Gasteiger partial charge in [-0.25, -0.2) is 4.98 Å². The first-order valence-corrected chi connectivity index (χ1v) is 8.84. The highest BCUT2D eigenvalue weighted by atomic mass is 32.2. The number of amides is 1. The third-order valence-corrected chi connectivity index (χ3v) is 4.77. The summed E-state index contributed by atoms with van der Waals surface area (Å²) in [5, 5.41) is 6.96. The van der Waals surface area contributed by atoms with Crippen molar-refractivity contribution in [3.05, 3.63) is 35.7 Å². The molecule has 1 aromatic carbocycles. The van der Waals surface area contributed by atoms with Gasteiger partial charge >= 0.3 is 0 Å². The molecule has 1 saturated heterocycles. The lowest BCUT2D eigenvalue weighted by molar-refractivity contribution is 0.0788. The highest BCUT2D eigenvalue weighted by Gasteiger charge is 2.26. The van der Waals surface area contributed by atoms with Crippen LogP contribution in [0.25, 0.3) is 11.4 Å². The lowest BCUT2D eigenvalue weighted by Gasteiger charge is -2.16. The van der Waals surface area contributed by atoms with Crippen molar-refractivity contribution >= 4 is 17.7 Å². The van der Waals surface area contributed by atoms with E-state index in [1.54, 1.807) is 0 Å². The highest BCUT2D eigenvalue weighted by molar-refractivity contribution is 7.98. The monoisotopic (exact) mass is 316 g/mol. The summed E-state index contributed by atoms with van der Waals surface area (Å²) in [5.41, 5.74) is 1.66. The Hall–Kier alpha value is -1.82. The molecule has 1 fully saturated rings. The maximum Gasteiger partial charge on any atom is 0.253 e. The number of hydrogen-bond acceptors (Lipinski definition) is 4. The Labute approximate surface area is 134 Å². The molecule has 5 nitrogen and oxygen atoms in total. The Morgan fingerprint density at radius 1 is 1.41 bits per heavy atom. The van der Waals surface area contributed by atoms with Crippen LogP contribution in [0.15, 0.2) is 24.3 Å². The van der Waals surface area contributed by atoms with Crippen LogP contribution in [-0.4, -0.2) is 51.1 Å². The minimum atomic E-state index is 0.126. The Morgan fingerprint density at radius 2 is 2.18 bits per heavy atom. The van der Waals surface area contributed by atoms with Crippen molar-refractivity contribution < 1.29 is 4.79 Å². The molecule has 1 amide bonds. The number of nitrogens with one attached hydrogen (secondary N) is 1. The van der Waals surface area contributed by atoms with E-state index in [1.165, 1.54) is 0 Å². The molecule has 2 heterocycles. The smallest absolute Gasteiger partial charge is 0.253 e. The molecule has 1 N–H and O–H groups in total. The molecular formula is C16H20N4OS. The normalized spacial score (nSPS) is 17.9. The topological polar surface area (TPSA) is 61.9 Å². The first-order chi connectivity index (χ1) is 10.7. The van der Waals surface area contributed by atoms with Crippen LogP contribution >= 0.6 is 11.8 Å². The molecule has 0 aliphatic carbocycles. The largest absolute Gasteiger partial charge is 0.338 e. The summed E-state index contributed by atoms with van der Waals surface area (Å²) in [6.45, 7) is 3.61. The predicted molar refractivity (Wildman–Crippen MR) is 88.9 cm³/mol. The Morgan fingerprint density at radius 3 is 2.82 bits per heavy atom. The van der Waals surface area contributed by atoms with E-state index in [4.69, 9.17) is 0 Å². The molecule has 1 aliphatic heterocycles. The van der Waals surface area contributed by atoms with Crippen LogP contribution in [0.3, 0.4) is 0 Å². The molecule has 3 rings (SSSR count). The Balaban J connectivity index is 1.69. The zero-order valence-electron chi connectivity index (χ0n) is 12.9.